The molecule has 14 heteroatoms. The Kier molecular flexibility index (Phi) is 7.39. The number of carbonyl (C=O) groups is 5. The van der Waals surface area contributed by atoms with Crippen LogP contribution in [0.25, 0.3) is 0 Å². The van der Waals surface area contributed by atoms with E-state index in [1.54, 1.807) is 13.8 Å². The van der Waals surface area contributed by atoms with Crippen LogP contribution in [0.1, 0.15) is 68.2 Å². The molecule has 0 radical (unpaired) electrons. The number of Topliss-reactive ketones (excluding diaryl/α,β-unsaturated/α-hetero) is 1. The molecule has 0 aromatic rings. The van der Waals surface area contributed by atoms with Gasteiger partial charge in [-0.25, -0.2) is 4.79 Å². The van der Waals surface area contributed by atoms with Crippen molar-refractivity contribution in [2.75, 3.05) is 0 Å². The van der Waals surface area contributed by atoms with E-state index < -0.39 is 122 Å². The van der Waals surface area contributed by atoms with Crippen LogP contribution in [0, 0.1) is 57.7 Å². The third kappa shape index (κ3) is 3.93. The Balaban J connectivity index is 1.54. The van der Waals surface area contributed by atoms with Crippen LogP contribution in [-0.2, 0) is 47.7 Å². The molecule has 7 rings (SSSR count). The highest BCUT2D eigenvalue weighted by Crippen LogP contribution is 2.78. The molecule has 7 aliphatic rings. The van der Waals surface area contributed by atoms with Crippen LogP contribution in [0.5, 0.6) is 0 Å². The number of esters is 4. The molecule has 12 nitrogen and oxygen atoms in total. The van der Waals surface area contributed by atoms with Gasteiger partial charge in [-0.05, 0) is 37.0 Å². The van der Waals surface area contributed by atoms with E-state index in [1.807, 2.05) is 13.8 Å². The lowest BCUT2D eigenvalue weighted by Crippen LogP contribution is -2.72. The smallest absolute Gasteiger partial charge is 0.340 e. The summed E-state index contributed by atoms with van der Waals surface area (Å²) >= 11 is 14.4. The summed E-state index contributed by atoms with van der Waals surface area (Å²) in [5.74, 6) is -9.09. The van der Waals surface area contributed by atoms with Gasteiger partial charge in [-0.15, -0.1) is 11.6 Å². The first-order valence-corrected chi connectivity index (χ1v) is 17.6. The minimum atomic E-state index is -2.24. The maximum absolute atomic E-state index is 14.3. The van der Waals surface area contributed by atoms with Crippen LogP contribution >= 0.6 is 23.2 Å². The number of alkyl halides is 2. The van der Waals surface area contributed by atoms with Crippen LogP contribution < -0.4 is 0 Å². The summed E-state index contributed by atoms with van der Waals surface area (Å²) in [4.78, 5) is 66.8. The molecule has 2 heterocycles. The Labute approximate surface area is 288 Å². The van der Waals surface area contributed by atoms with Crippen molar-refractivity contribution in [3.63, 3.8) is 0 Å². The molecule has 0 amide bonds. The van der Waals surface area contributed by atoms with Gasteiger partial charge >= 0.3 is 23.9 Å². The van der Waals surface area contributed by atoms with E-state index in [0.717, 1.165) is 0 Å². The van der Waals surface area contributed by atoms with Gasteiger partial charge in [-0.2, -0.15) is 0 Å². The molecule has 266 valence electrons. The molecule has 2 N–H and O–H groups in total. The first-order valence-electron chi connectivity index (χ1n) is 16.8. The van der Waals surface area contributed by atoms with E-state index in [1.165, 1.54) is 27.7 Å². The van der Waals surface area contributed by atoms with Crippen LogP contribution in [0.3, 0.4) is 0 Å². The second-order valence-electron chi connectivity index (χ2n) is 16.4. The van der Waals surface area contributed by atoms with Crippen molar-refractivity contribution < 1.29 is 57.9 Å². The van der Waals surface area contributed by atoms with Gasteiger partial charge in [0, 0.05) is 55.8 Å². The van der Waals surface area contributed by atoms with Crippen LogP contribution in [0.4, 0.5) is 0 Å². The van der Waals surface area contributed by atoms with Gasteiger partial charge in [0.05, 0.1) is 23.0 Å². The Morgan fingerprint density at radius 1 is 0.875 bits per heavy atom. The zero-order chi connectivity index (χ0) is 35.4. The number of carbonyl (C=O) groups excluding carboxylic acids is 5. The Bertz CT molecular complexity index is 1500. The monoisotopic (exact) mass is 714 g/mol. The molecule has 19 atom stereocenters. The molecule has 0 bridgehead atoms. The summed E-state index contributed by atoms with van der Waals surface area (Å²) < 4.78 is 30.3. The molecule has 2 aliphatic heterocycles. The first kappa shape index (κ1) is 34.5. The van der Waals surface area contributed by atoms with Gasteiger partial charge in [0.1, 0.15) is 24.4 Å². The zero-order valence-electron chi connectivity index (χ0n) is 28.2. The molecule has 5 saturated carbocycles. The second kappa shape index (κ2) is 10.3. The number of hydrogen-bond acceptors (Lipinski definition) is 12. The average Bonchev–Trinajstić information content (AvgIpc) is 3.64. The SMILES string of the molecule is CC(=O)O[C@H]1[C@@H]2[C@H]([C@H](C)C(Cl)C3(Cl)OC(=O)[C@@](C)(O)[C@]23C)[C@]2(C)[C@@H]1C1C([C@H](OC(C)=O)[C@@H]2OC(C)=O)[C@@]2(C)C[C@H]3O[C@H]3C[C@@H]2C(=O)[C@@H]1O. The maximum atomic E-state index is 14.3. The number of rotatable bonds is 3. The molecular weight excluding hydrogens is 671 g/mol. The predicted molar refractivity (Wildman–Crippen MR) is 165 cm³/mol. The summed E-state index contributed by atoms with van der Waals surface area (Å²) in [5, 5.41) is 21.1. The average molecular weight is 716 g/mol. The molecule has 2 saturated heterocycles. The number of epoxide rings is 1. The highest BCUT2D eigenvalue weighted by Gasteiger charge is 2.87. The van der Waals surface area contributed by atoms with E-state index in [9.17, 15) is 34.2 Å². The van der Waals surface area contributed by atoms with Crippen LogP contribution in [-0.4, -0.2) is 92.5 Å². The van der Waals surface area contributed by atoms with Crippen molar-refractivity contribution in [2.45, 2.75) is 121 Å². The van der Waals surface area contributed by atoms with Crippen LogP contribution in [0.15, 0.2) is 0 Å². The van der Waals surface area contributed by atoms with E-state index in [-0.39, 0.29) is 18.0 Å². The molecule has 7 fully saturated rings. The molecule has 5 aliphatic carbocycles. The van der Waals surface area contributed by atoms with Crippen LogP contribution in [0.2, 0.25) is 0 Å². The number of fused-ring (bicyclic) bond motifs is 10. The van der Waals surface area contributed by atoms with E-state index in [4.69, 9.17) is 46.9 Å². The minimum absolute atomic E-state index is 0.121. The van der Waals surface area contributed by atoms with Crippen molar-refractivity contribution in [2.24, 2.45) is 57.7 Å². The summed E-state index contributed by atoms with van der Waals surface area (Å²) in [5.41, 5.74) is -6.17. The van der Waals surface area contributed by atoms with Gasteiger partial charge in [0.15, 0.2) is 11.4 Å². The van der Waals surface area contributed by atoms with E-state index in [0.29, 0.717) is 12.8 Å². The van der Waals surface area contributed by atoms with Crippen molar-refractivity contribution >= 4 is 52.9 Å². The number of aliphatic hydroxyl groups excluding tert-OH is 1. The Hall–Kier alpha value is -1.99. The lowest BCUT2D eigenvalue weighted by atomic mass is 9.41. The fraction of sp³-hybridized carbons (Fsp3) is 0.853. The number of ether oxygens (including phenoxy) is 5. The van der Waals surface area contributed by atoms with Crippen molar-refractivity contribution in [1.29, 1.82) is 0 Å². The van der Waals surface area contributed by atoms with Gasteiger partial charge in [0.25, 0.3) is 0 Å². The summed E-state index contributed by atoms with van der Waals surface area (Å²) in [6.45, 7) is 12.1. The Morgan fingerprint density at radius 2 is 1.46 bits per heavy atom. The van der Waals surface area contributed by atoms with Gasteiger partial charge in [0.2, 0.25) is 5.06 Å². The lowest BCUT2D eigenvalue weighted by Gasteiger charge is -2.64. The molecule has 48 heavy (non-hydrogen) atoms. The van der Waals surface area contributed by atoms with E-state index in [2.05, 4.69) is 0 Å². The number of halogens is 2. The van der Waals surface area contributed by atoms with Crippen molar-refractivity contribution in [3.8, 4) is 0 Å². The lowest BCUT2D eigenvalue weighted by molar-refractivity contribution is -0.261. The second-order valence-corrected chi connectivity index (χ2v) is 17.4. The first-order chi connectivity index (χ1) is 22.1. The highest BCUT2D eigenvalue weighted by molar-refractivity contribution is 6.33. The topological polar surface area (TPSA) is 175 Å². The van der Waals surface area contributed by atoms with Gasteiger partial charge in [-0.3, -0.25) is 19.2 Å². The molecule has 0 spiro atoms. The largest absolute Gasteiger partial charge is 0.462 e. The third-order valence-corrected chi connectivity index (χ3v) is 15.8. The van der Waals surface area contributed by atoms with Gasteiger partial charge in [-0.1, -0.05) is 39.3 Å². The normalized spacial score (nSPS) is 57.4. The molecule has 4 unspecified atom stereocenters. The van der Waals surface area contributed by atoms with Crippen molar-refractivity contribution in [1.82, 2.24) is 0 Å². The summed E-state index contributed by atoms with van der Waals surface area (Å²) in [7, 11) is 0. The molecule has 0 aromatic heterocycles. The molecular formula is C34H44Cl2O12. The maximum Gasteiger partial charge on any atom is 0.340 e. The third-order valence-electron chi connectivity index (χ3n) is 14.3. The fourth-order valence-corrected chi connectivity index (χ4v) is 13.4. The standard InChI is InChI=1S/C34H44Cl2O12/c1-11-19-22(32(7)33(8,43)29(42)48-34(32,36)27(11)35)25(44-12(2)37)21-18-20(26(45-13(3)38)28(31(19,21)6)46-14(4)39)30(5)10-17-16(47-17)9-15(30)23(40)24(18)41/h11,15-22,24-28,41,43H,9-10H2,1-8H3/t11-,15+,16-,17+,18?,19-,20?,21+,22-,24+,25+,26-,27?,28-,30-,31+,32-,33+,34?/m0/s1. The highest BCUT2D eigenvalue weighted by atomic mass is 35.5. The minimum Gasteiger partial charge on any atom is -0.462 e. The predicted octanol–water partition coefficient (Wildman–Crippen LogP) is 2.53. The van der Waals surface area contributed by atoms with Crippen molar-refractivity contribution in [3.05, 3.63) is 0 Å². The number of aliphatic hydroxyl groups is 2. The fourth-order valence-electron chi connectivity index (χ4n) is 12.4. The number of ketones is 1. The van der Waals surface area contributed by atoms with Gasteiger partial charge < -0.3 is 33.9 Å². The Morgan fingerprint density at radius 3 is 2.04 bits per heavy atom. The number of hydrogen-bond donors (Lipinski definition) is 2. The quantitative estimate of drug-likeness (QED) is 0.189. The molecule has 0 aromatic carbocycles. The van der Waals surface area contributed by atoms with E-state index >= 15 is 0 Å². The zero-order valence-corrected chi connectivity index (χ0v) is 29.7. The summed E-state index contributed by atoms with van der Waals surface area (Å²) in [6.07, 6.45) is -4.54. The summed E-state index contributed by atoms with van der Waals surface area (Å²) in [6, 6.07) is 0.